The number of hydrogen-bond donors (Lipinski definition) is 0. The zero-order valence-electron chi connectivity index (χ0n) is 10.7. The van der Waals surface area contributed by atoms with E-state index >= 15 is 0 Å². The van der Waals surface area contributed by atoms with Crippen LogP contribution in [0.2, 0.25) is 5.02 Å². The Morgan fingerprint density at radius 2 is 1.95 bits per heavy atom. The van der Waals surface area contributed by atoms with Gasteiger partial charge in [0.1, 0.15) is 17.4 Å². The van der Waals surface area contributed by atoms with Crippen molar-refractivity contribution in [2.75, 3.05) is 5.75 Å². The molecule has 0 fully saturated rings. The maximum atomic E-state index is 13.8. The van der Waals surface area contributed by atoms with Crippen LogP contribution in [-0.2, 0) is 0 Å². The minimum Gasteiger partial charge on any atom is -0.453 e. The molecule has 0 aromatic heterocycles. The van der Waals surface area contributed by atoms with Crippen molar-refractivity contribution in [3.05, 3.63) is 52.8 Å². The minimum atomic E-state index is -0.633. The van der Waals surface area contributed by atoms with Gasteiger partial charge >= 0.3 is 0 Å². The number of thioether (sulfide) groups is 1. The molecule has 0 spiro atoms. The molecule has 2 aromatic carbocycles. The smallest absolute Gasteiger partial charge is 0.184 e. The number of nitriles is 1. The third-order valence-corrected chi connectivity index (χ3v) is 3.77. The van der Waals surface area contributed by atoms with E-state index in [1.54, 1.807) is 18.2 Å². The molecule has 0 bridgehead atoms. The Balaban J connectivity index is 2.41. The van der Waals surface area contributed by atoms with Gasteiger partial charge in [-0.1, -0.05) is 30.7 Å². The van der Waals surface area contributed by atoms with Crippen LogP contribution in [0.3, 0.4) is 0 Å². The second kappa shape index (κ2) is 6.65. The summed E-state index contributed by atoms with van der Waals surface area (Å²) in [6.45, 7) is 2.00. The topological polar surface area (TPSA) is 33.0 Å². The van der Waals surface area contributed by atoms with Crippen LogP contribution in [0, 0.1) is 17.1 Å². The van der Waals surface area contributed by atoms with Gasteiger partial charge in [-0.2, -0.15) is 5.26 Å². The summed E-state index contributed by atoms with van der Waals surface area (Å²) in [5, 5.41) is 9.25. The van der Waals surface area contributed by atoms with Crippen LogP contribution in [0.25, 0.3) is 0 Å². The molecule has 0 amide bonds. The first-order valence-electron chi connectivity index (χ1n) is 5.95. The first kappa shape index (κ1) is 14.7. The van der Waals surface area contributed by atoms with Gasteiger partial charge in [0.15, 0.2) is 11.6 Å². The molecule has 0 aliphatic heterocycles. The predicted octanol–water partition coefficient (Wildman–Crippen LogP) is 5.26. The number of ether oxygens (including phenoxy) is 1. The Labute approximate surface area is 126 Å². The summed E-state index contributed by atoms with van der Waals surface area (Å²) in [5.74, 6) is 0.537. The molecule has 0 saturated carbocycles. The van der Waals surface area contributed by atoms with Crippen molar-refractivity contribution in [3.63, 3.8) is 0 Å². The third-order valence-electron chi connectivity index (χ3n) is 2.54. The quantitative estimate of drug-likeness (QED) is 0.723. The Bertz CT molecular complexity index is 669. The standard InChI is InChI=1S/C15H11ClFNOS/c1-2-20-14-8-4-6-12(10(14)9-18)19-13-7-3-5-11(16)15(13)17/h3-8H,2H2,1H3. The summed E-state index contributed by atoms with van der Waals surface area (Å²) in [7, 11) is 0. The van der Waals surface area contributed by atoms with E-state index in [4.69, 9.17) is 16.3 Å². The Hall–Kier alpha value is -1.70. The summed E-state index contributed by atoms with van der Waals surface area (Å²) in [5.41, 5.74) is 0.402. The zero-order chi connectivity index (χ0) is 14.5. The lowest BCUT2D eigenvalue weighted by Gasteiger charge is -2.11. The average Bonchev–Trinajstić information content (AvgIpc) is 2.44. The van der Waals surface area contributed by atoms with Crippen LogP contribution < -0.4 is 4.74 Å². The Morgan fingerprint density at radius 3 is 2.65 bits per heavy atom. The Kier molecular flexibility index (Phi) is 4.89. The fourth-order valence-electron chi connectivity index (χ4n) is 1.66. The highest BCUT2D eigenvalue weighted by atomic mass is 35.5. The van der Waals surface area contributed by atoms with E-state index in [1.807, 2.05) is 13.0 Å². The summed E-state index contributed by atoms with van der Waals surface area (Å²) in [6.07, 6.45) is 0. The van der Waals surface area contributed by atoms with E-state index in [-0.39, 0.29) is 10.8 Å². The molecule has 2 aromatic rings. The molecular weight excluding hydrogens is 297 g/mol. The molecule has 0 radical (unpaired) electrons. The van der Waals surface area contributed by atoms with Crippen molar-refractivity contribution >= 4 is 23.4 Å². The van der Waals surface area contributed by atoms with Gasteiger partial charge in [0.05, 0.1) is 5.02 Å². The number of hydrogen-bond acceptors (Lipinski definition) is 3. The maximum Gasteiger partial charge on any atom is 0.184 e. The monoisotopic (exact) mass is 307 g/mol. The lowest BCUT2D eigenvalue weighted by atomic mass is 10.2. The van der Waals surface area contributed by atoms with Gasteiger partial charge in [-0.3, -0.25) is 0 Å². The van der Waals surface area contributed by atoms with Crippen LogP contribution in [-0.4, -0.2) is 5.75 Å². The summed E-state index contributed by atoms with van der Waals surface area (Å²) >= 11 is 7.25. The van der Waals surface area contributed by atoms with Crippen LogP contribution in [0.5, 0.6) is 11.5 Å². The normalized spacial score (nSPS) is 10.1. The number of nitrogens with zero attached hydrogens (tertiary/aromatic N) is 1. The summed E-state index contributed by atoms with van der Waals surface area (Å²) in [6, 6.07) is 11.9. The van der Waals surface area contributed by atoms with E-state index < -0.39 is 5.82 Å². The molecule has 0 unspecified atom stereocenters. The van der Waals surface area contributed by atoms with E-state index in [1.165, 1.54) is 23.9 Å². The largest absolute Gasteiger partial charge is 0.453 e. The van der Waals surface area contributed by atoms with Gasteiger partial charge in [0.25, 0.3) is 0 Å². The molecule has 0 N–H and O–H groups in total. The lowest BCUT2D eigenvalue weighted by Crippen LogP contribution is -1.93. The van der Waals surface area contributed by atoms with E-state index in [0.717, 1.165) is 10.6 Å². The van der Waals surface area contributed by atoms with Crippen molar-refractivity contribution in [3.8, 4) is 17.6 Å². The Morgan fingerprint density at radius 1 is 1.25 bits per heavy atom. The molecule has 0 aliphatic rings. The SMILES string of the molecule is CCSc1cccc(Oc2cccc(Cl)c2F)c1C#N. The fraction of sp³-hybridized carbons (Fsp3) is 0.133. The van der Waals surface area contributed by atoms with Gasteiger partial charge in [0.2, 0.25) is 0 Å². The maximum absolute atomic E-state index is 13.8. The highest BCUT2D eigenvalue weighted by Gasteiger charge is 2.13. The summed E-state index contributed by atoms with van der Waals surface area (Å²) in [4.78, 5) is 0.815. The highest BCUT2D eigenvalue weighted by molar-refractivity contribution is 7.99. The zero-order valence-corrected chi connectivity index (χ0v) is 12.3. The predicted molar refractivity (Wildman–Crippen MR) is 79.0 cm³/mol. The van der Waals surface area contributed by atoms with Gasteiger partial charge in [-0.15, -0.1) is 11.8 Å². The molecule has 0 heterocycles. The van der Waals surface area contributed by atoms with Crippen LogP contribution >= 0.6 is 23.4 Å². The van der Waals surface area contributed by atoms with Crippen LogP contribution in [0.4, 0.5) is 4.39 Å². The first-order valence-corrected chi connectivity index (χ1v) is 7.31. The van der Waals surface area contributed by atoms with Crippen LogP contribution in [0.1, 0.15) is 12.5 Å². The molecule has 0 saturated heterocycles. The van der Waals surface area contributed by atoms with Crippen molar-refractivity contribution < 1.29 is 9.13 Å². The van der Waals surface area contributed by atoms with Crippen LogP contribution in [0.15, 0.2) is 41.3 Å². The molecular formula is C15H11ClFNOS. The molecule has 20 heavy (non-hydrogen) atoms. The van der Waals surface area contributed by atoms with Crippen molar-refractivity contribution in [2.24, 2.45) is 0 Å². The molecule has 102 valence electrons. The molecule has 2 nitrogen and oxygen atoms in total. The first-order chi connectivity index (χ1) is 9.67. The number of rotatable bonds is 4. The lowest BCUT2D eigenvalue weighted by molar-refractivity contribution is 0.440. The van der Waals surface area contributed by atoms with E-state index in [9.17, 15) is 9.65 Å². The highest BCUT2D eigenvalue weighted by Crippen LogP contribution is 2.34. The molecule has 5 heteroatoms. The summed E-state index contributed by atoms with van der Waals surface area (Å²) < 4.78 is 19.3. The fourth-order valence-corrected chi connectivity index (χ4v) is 2.61. The van der Waals surface area contributed by atoms with Crippen molar-refractivity contribution in [1.82, 2.24) is 0 Å². The second-order valence-corrected chi connectivity index (χ2v) is 5.54. The van der Waals surface area contributed by atoms with Gasteiger partial charge < -0.3 is 4.74 Å². The van der Waals surface area contributed by atoms with E-state index in [0.29, 0.717) is 11.3 Å². The van der Waals surface area contributed by atoms with E-state index in [2.05, 4.69) is 6.07 Å². The van der Waals surface area contributed by atoms with Crippen molar-refractivity contribution in [2.45, 2.75) is 11.8 Å². The molecule has 2 rings (SSSR count). The third kappa shape index (κ3) is 3.06. The molecule has 0 aliphatic carbocycles. The molecule has 0 atom stereocenters. The number of halogens is 2. The van der Waals surface area contributed by atoms with Gasteiger partial charge in [-0.25, -0.2) is 4.39 Å². The second-order valence-electron chi connectivity index (χ2n) is 3.83. The van der Waals surface area contributed by atoms with Crippen molar-refractivity contribution in [1.29, 1.82) is 5.26 Å². The minimum absolute atomic E-state index is 0.00708. The average molecular weight is 308 g/mol. The van der Waals surface area contributed by atoms with Gasteiger partial charge in [-0.05, 0) is 30.0 Å². The van der Waals surface area contributed by atoms with Gasteiger partial charge in [0, 0.05) is 4.90 Å². The number of benzene rings is 2.